The Labute approximate surface area is 117 Å². The quantitative estimate of drug-likeness (QED) is 0.621. The molecule has 0 heterocycles. The van der Waals surface area contributed by atoms with Crippen LogP contribution >= 0.6 is 34.2 Å². The minimum Gasteiger partial charge on any atom is -0.481 e. The van der Waals surface area contributed by atoms with Gasteiger partial charge in [0, 0.05) is 22.1 Å². The lowest BCUT2D eigenvalue weighted by molar-refractivity contribution is -0.137. The van der Waals surface area contributed by atoms with E-state index in [2.05, 4.69) is 27.9 Å². The monoisotopic (exact) mass is 367 g/mol. The molecule has 0 aliphatic heterocycles. The Hall–Kier alpha value is -0.820. The molecule has 1 amide bonds. The van der Waals surface area contributed by atoms with Crippen LogP contribution in [0.3, 0.4) is 0 Å². The van der Waals surface area contributed by atoms with Crippen molar-refractivity contribution in [2.75, 3.05) is 6.54 Å². The predicted octanol–water partition coefficient (Wildman–Crippen LogP) is 2.54. The maximum atomic E-state index is 11.6. The second-order valence-corrected chi connectivity index (χ2v) is 4.95. The molecule has 17 heavy (non-hydrogen) atoms. The number of benzene rings is 1. The van der Waals surface area contributed by atoms with E-state index in [4.69, 9.17) is 16.7 Å². The van der Waals surface area contributed by atoms with Gasteiger partial charge in [-0.25, -0.2) is 0 Å². The summed E-state index contributed by atoms with van der Waals surface area (Å²) in [5.74, 6) is -1.11. The lowest BCUT2D eigenvalue weighted by Gasteiger charge is -2.05. The van der Waals surface area contributed by atoms with Gasteiger partial charge in [0.2, 0.25) is 0 Å². The number of nitrogens with one attached hydrogen (secondary N) is 1. The van der Waals surface area contributed by atoms with Gasteiger partial charge in [-0.05, 0) is 47.2 Å². The Bertz CT molecular complexity index is 437. The van der Waals surface area contributed by atoms with E-state index in [1.807, 2.05) is 0 Å². The zero-order valence-corrected chi connectivity index (χ0v) is 11.8. The summed E-state index contributed by atoms with van der Waals surface area (Å²) >= 11 is 7.97. The summed E-state index contributed by atoms with van der Waals surface area (Å²) < 4.78 is 0.881. The number of rotatable bonds is 5. The normalized spacial score (nSPS) is 10.0. The number of amides is 1. The van der Waals surface area contributed by atoms with E-state index in [1.54, 1.807) is 18.2 Å². The highest BCUT2D eigenvalue weighted by Gasteiger charge is 2.07. The zero-order chi connectivity index (χ0) is 12.8. The van der Waals surface area contributed by atoms with Gasteiger partial charge >= 0.3 is 5.97 Å². The van der Waals surface area contributed by atoms with Crippen LogP contribution in [0.4, 0.5) is 0 Å². The van der Waals surface area contributed by atoms with Gasteiger partial charge in [0.25, 0.3) is 5.91 Å². The highest BCUT2D eigenvalue weighted by molar-refractivity contribution is 14.1. The summed E-state index contributed by atoms with van der Waals surface area (Å²) in [7, 11) is 0. The van der Waals surface area contributed by atoms with Crippen LogP contribution in [0.1, 0.15) is 23.2 Å². The molecular weight excluding hydrogens is 356 g/mol. The van der Waals surface area contributed by atoms with Gasteiger partial charge < -0.3 is 10.4 Å². The van der Waals surface area contributed by atoms with Crippen LogP contribution in [0, 0.1) is 3.57 Å². The molecule has 0 atom stereocenters. The third-order valence-corrected chi connectivity index (χ3v) is 3.61. The highest BCUT2D eigenvalue weighted by atomic mass is 127. The topological polar surface area (TPSA) is 66.4 Å². The molecule has 0 unspecified atom stereocenters. The van der Waals surface area contributed by atoms with Crippen molar-refractivity contribution in [3.05, 3.63) is 32.4 Å². The fourth-order valence-corrected chi connectivity index (χ4v) is 1.70. The van der Waals surface area contributed by atoms with Crippen molar-refractivity contribution in [1.82, 2.24) is 5.32 Å². The standard InChI is InChI=1S/C11H11ClINO3/c12-8-6-7(3-4-9(8)13)11(17)14-5-1-2-10(15)16/h3-4,6H,1-2,5H2,(H,14,17)(H,15,16). The second-order valence-electron chi connectivity index (χ2n) is 3.38. The molecule has 0 spiro atoms. The average molecular weight is 368 g/mol. The fraction of sp³-hybridized carbons (Fsp3) is 0.273. The van der Waals surface area contributed by atoms with Crippen LogP contribution in [0.2, 0.25) is 5.02 Å². The first-order chi connectivity index (χ1) is 8.00. The van der Waals surface area contributed by atoms with Crippen molar-refractivity contribution in [1.29, 1.82) is 0 Å². The van der Waals surface area contributed by atoms with Gasteiger partial charge in [0.15, 0.2) is 0 Å². The Morgan fingerprint density at radius 3 is 2.71 bits per heavy atom. The number of hydrogen-bond acceptors (Lipinski definition) is 2. The van der Waals surface area contributed by atoms with Crippen LogP contribution in [0.5, 0.6) is 0 Å². The van der Waals surface area contributed by atoms with E-state index < -0.39 is 5.97 Å². The zero-order valence-electron chi connectivity index (χ0n) is 8.87. The van der Waals surface area contributed by atoms with Crippen LogP contribution in [-0.4, -0.2) is 23.5 Å². The van der Waals surface area contributed by atoms with E-state index in [1.165, 1.54) is 0 Å². The second kappa shape index (κ2) is 6.80. The molecule has 1 aromatic rings. The molecule has 1 rings (SSSR count). The lowest BCUT2D eigenvalue weighted by atomic mass is 10.2. The lowest BCUT2D eigenvalue weighted by Crippen LogP contribution is -2.24. The molecule has 4 nitrogen and oxygen atoms in total. The van der Waals surface area contributed by atoms with Gasteiger partial charge in [0.05, 0.1) is 5.02 Å². The van der Waals surface area contributed by atoms with Gasteiger partial charge in [-0.15, -0.1) is 0 Å². The van der Waals surface area contributed by atoms with E-state index >= 15 is 0 Å². The van der Waals surface area contributed by atoms with E-state index in [0.29, 0.717) is 23.6 Å². The summed E-state index contributed by atoms with van der Waals surface area (Å²) in [5, 5.41) is 11.6. The van der Waals surface area contributed by atoms with E-state index in [-0.39, 0.29) is 12.3 Å². The van der Waals surface area contributed by atoms with Crippen molar-refractivity contribution in [2.45, 2.75) is 12.8 Å². The molecule has 0 fully saturated rings. The van der Waals surface area contributed by atoms with Crippen LogP contribution in [-0.2, 0) is 4.79 Å². The predicted molar refractivity (Wildman–Crippen MR) is 73.4 cm³/mol. The van der Waals surface area contributed by atoms with Crippen LogP contribution in [0.25, 0.3) is 0 Å². The maximum absolute atomic E-state index is 11.6. The first-order valence-corrected chi connectivity index (χ1v) is 6.41. The Morgan fingerprint density at radius 2 is 2.12 bits per heavy atom. The number of halogens is 2. The Kier molecular flexibility index (Phi) is 5.70. The molecule has 2 N–H and O–H groups in total. The van der Waals surface area contributed by atoms with Crippen molar-refractivity contribution < 1.29 is 14.7 Å². The van der Waals surface area contributed by atoms with Gasteiger partial charge in [0.1, 0.15) is 0 Å². The molecule has 0 saturated carbocycles. The molecule has 0 aliphatic rings. The third kappa shape index (κ3) is 4.91. The first kappa shape index (κ1) is 14.2. The highest BCUT2D eigenvalue weighted by Crippen LogP contribution is 2.19. The van der Waals surface area contributed by atoms with Crippen molar-refractivity contribution in [3.63, 3.8) is 0 Å². The number of carbonyl (C=O) groups excluding carboxylic acids is 1. The summed E-state index contributed by atoms with van der Waals surface area (Å²) in [6.45, 7) is 0.342. The van der Waals surface area contributed by atoms with Crippen molar-refractivity contribution in [3.8, 4) is 0 Å². The molecule has 0 saturated heterocycles. The van der Waals surface area contributed by atoms with Gasteiger partial charge in [-0.1, -0.05) is 11.6 Å². The average Bonchev–Trinajstić information content (AvgIpc) is 2.27. The largest absolute Gasteiger partial charge is 0.481 e. The number of aliphatic carboxylic acids is 1. The fourth-order valence-electron chi connectivity index (χ4n) is 1.18. The van der Waals surface area contributed by atoms with Crippen LogP contribution < -0.4 is 5.32 Å². The summed E-state index contributed by atoms with van der Waals surface area (Å²) in [6.07, 6.45) is 0.465. The molecule has 0 aromatic heterocycles. The Balaban J connectivity index is 2.47. The van der Waals surface area contributed by atoms with Gasteiger partial charge in [-0.3, -0.25) is 9.59 Å². The maximum Gasteiger partial charge on any atom is 0.303 e. The molecule has 92 valence electrons. The molecular formula is C11H11ClINO3. The SMILES string of the molecule is O=C(O)CCCNC(=O)c1ccc(I)c(Cl)c1. The van der Waals surface area contributed by atoms with Crippen LogP contribution in [0.15, 0.2) is 18.2 Å². The third-order valence-electron chi connectivity index (χ3n) is 2.03. The molecule has 6 heteroatoms. The first-order valence-electron chi connectivity index (χ1n) is 4.95. The minimum atomic E-state index is -0.864. The van der Waals surface area contributed by atoms with Gasteiger partial charge in [-0.2, -0.15) is 0 Å². The van der Waals surface area contributed by atoms with E-state index in [0.717, 1.165) is 3.57 Å². The summed E-state index contributed by atoms with van der Waals surface area (Å²) in [6, 6.07) is 5.03. The summed E-state index contributed by atoms with van der Waals surface area (Å²) in [5.41, 5.74) is 0.478. The number of carboxylic acids is 1. The number of carbonyl (C=O) groups is 2. The number of hydrogen-bond donors (Lipinski definition) is 2. The molecule has 0 radical (unpaired) electrons. The van der Waals surface area contributed by atoms with Crippen molar-refractivity contribution in [2.24, 2.45) is 0 Å². The molecule has 1 aromatic carbocycles. The summed E-state index contributed by atoms with van der Waals surface area (Å²) in [4.78, 5) is 21.9. The smallest absolute Gasteiger partial charge is 0.303 e. The van der Waals surface area contributed by atoms with Crippen molar-refractivity contribution >= 4 is 46.1 Å². The molecule has 0 bridgehead atoms. The number of carboxylic acid groups (broad SMARTS) is 1. The Morgan fingerprint density at radius 1 is 1.41 bits per heavy atom. The minimum absolute atomic E-state index is 0.0493. The van der Waals surface area contributed by atoms with E-state index in [9.17, 15) is 9.59 Å². The molecule has 0 aliphatic carbocycles.